The van der Waals surface area contributed by atoms with E-state index >= 15 is 0 Å². The SMILES string of the molecule is Cc1ccc(C)c(OCC(=O)N/N=C/c2ccc(Cl)c(Cl)c2)c1C. The van der Waals surface area contributed by atoms with Gasteiger partial charge in [-0.2, -0.15) is 5.10 Å². The van der Waals surface area contributed by atoms with Crippen LogP contribution in [0.3, 0.4) is 0 Å². The maximum Gasteiger partial charge on any atom is 0.277 e. The van der Waals surface area contributed by atoms with Gasteiger partial charge in [0.05, 0.1) is 16.3 Å². The van der Waals surface area contributed by atoms with Crippen molar-refractivity contribution in [3.63, 3.8) is 0 Å². The van der Waals surface area contributed by atoms with E-state index in [1.807, 2.05) is 32.9 Å². The molecule has 0 saturated heterocycles. The molecule has 0 aliphatic carbocycles. The number of halogens is 2. The highest BCUT2D eigenvalue weighted by Gasteiger charge is 2.08. The first-order valence-corrected chi connectivity index (χ1v) is 8.10. The van der Waals surface area contributed by atoms with Gasteiger partial charge in [0.25, 0.3) is 5.91 Å². The molecule has 0 heterocycles. The van der Waals surface area contributed by atoms with Gasteiger partial charge in [0.15, 0.2) is 6.61 Å². The van der Waals surface area contributed by atoms with E-state index < -0.39 is 0 Å². The Labute approximate surface area is 151 Å². The molecule has 126 valence electrons. The Bertz CT molecular complexity index is 789. The molecule has 2 aromatic carbocycles. The van der Waals surface area contributed by atoms with Crippen LogP contribution in [0, 0.1) is 20.8 Å². The molecule has 0 aliphatic rings. The second-order valence-electron chi connectivity index (χ2n) is 5.41. The zero-order valence-corrected chi connectivity index (χ0v) is 15.2. The fourth-order valence-electron chi connectivity index (χ4n) is 2.09. The van der Waals surface area contributed by atoms with Crippen LogP contribution in [0.1, 0.15) is 22.3 Å². The number of rotatable bonds is 5. The molecule has 4 nitrogen and oxygen atoms in total. The fourth-order valence-corrected chi connectivity index (χ4v) is 2.40. The molecule has 2 rings (SSSR count). The quantitative estimate of drug-likeness (QED) is 0.629. The fraction of sp³-hybridized carbons (Fsp3) is 0.222. The standard InChI is InChI=1S/C18H18Cl2N2O2/c1-11-4-5-12(2)18(13(11)3)24-10-17(23)22-21-9-14-6-7-15(19)16(20)8-14/h4-9H,10H2,1-3H3,(H,22,23)/b21-9+. The van der Waals surface area contributed by atoms with Gasteiger partial charge in [-0.1, -0.05) is 41.4 Å². The molecule has 6 heteroatoms. The first-order valence-electron chi connectivity index (χ1n) is 7.35. The van der Waals surface area contributed by atoms with Crippen molar-refractivity contribution in [1.82, 2.24) is 5.43 Å². The van der Waals surface area contributed by atoms with Crippen LogP contribution in [0.25, 0.3) is 0 Å². The smallest absolute Gasteiger partial charge is 0.277 e. The topological polar surface area (TPSA) is 50.7 Å². The number of ether oxygens (including phenoxy) is 1. The molecule has 24 heavy (non-hydrogen) atoms. The first-order chi connectivity index (χ1) is 11.4. The van der Waals surface area contributed by atoms with Crippen molar-refractivity contribution in [3.05, 3.63) is 62.6 Å². The van der Waals surface area contributed by atoms with E-state index in [1.54, 1.807) is 18.2 Å². The van der Waals surface area contributed by atoms with Crippen LogP contribution >= 0.6 is 23.2 Å². The number of amides is 1. The van der Waals surface area contributed by atoms with E-state index in [0.29, 0.717) is 10.0 Å². The minimum Gasteiger partial charge on any atom is -0.483 e. The summed E-state index contributed by atoms with van der Waals surface area (Å²) in [5.74, 6) is 0.394. The normalized spacial score (nSPS) is 10.9. The second kappa shape index (κ2) is 8.18. The molecule has 0 unspecified atom stereocenters. The number of carbonyl (C=O) groups is 1. The van der Waals surface area contributed by atoms with Crippen LogP contribution in [0.4, 0.5) is 0 Å². The Morgan fingerprint density at radius 2 is 1.83 bits per heavy atom. The van der Waals surface area contributed by atoms with Gasteiger partial charge in [-0.25, -0.2) is 5.43 Å². The number of hydrazone groups is 1. The number of nitrogens with zero attached hydrogens (tertiary/aromatic N) is 1. The second-order valence-corrected chi connectivity index (χ2v) is 6.22. The van der Waals surface area contributed by atoms with E-state index in [4.69, 9.17) is 27.9 Å². The summed E-state index contributed by atoms with van der Waals surface area (Å²) in [5, 5.41) is 4.78. The van der Waals surface area contributed by atoms with Crippen molar-refractivity contribution in [3.8, 4) is 5.75 Å². The Kier molecular flexibility index (Phi) is 6.23. The third-order valence-corrected chi connectivity index (χ3v) is 4.31. The van der Waals surface area contributed by atoms with Gasteiger partial charge in [-0.05, 0) is 55.2 Å². The van der Waals surface area contributed by atoms with Gasteiger partial charge in [0.1, 0.15) is 5.75 Å². The van der Waals surface area contributed by atoms with Crippen molar-refractivity contribution in [1.29, 1.82) is 0 Å². The lowest BCUT2D eigenvalue weighted by atomic mass is 10.1. The van der Waals surface area contributed by atoms with Gasteiger partial charge < -0.3 is 4.74 Å². The van der Waals surface area contributed by atoms with Gasteiger partial charge in [-0.15, -0.1) is 0 Å². The van der Waals surface area contributed by atoms with Crippen LogP contribution in [-0.4, -0.2) is 18.7 Å². The van der Waals surface area contributed by atoms with Crippen LogP contribution in [0.2, 0.25) is 10.0 Å². The maximum atomic E-state index is 11.8. The number of benzene rings is 2. The molecule has 0 atom stereocenters. The zero-order valence-electron chi connectivity index (χ0n) is 13.7. The Balaban J connectivity index is 1.91. The highest BCUT2D eigenvalue weighted by Crippen LogP contribution is 2.25. The molecule has 0 bridgehead atoms. The minimum atomic E-state index is -0.341. The maximum absolute atomic E-state index is 11.8. The van der Waals surface area contributed by atoms with Crippen LogP contribution in [0.5, 0.6) is 5.75 Å². The van der Waals surface area contributed by atoms with Crippen molar-refractivity contribution in [2.45, 2.75) is 20.8 Å². The summed E-state index contributed by atoms with van der Waals surface area (Å²) >= 11 is 11.8. The molecule has 0 spiro atoms. The average Bonchev–Trinajstić information content (AvgIpc) is 2.54. The first kappa shape index (κ1) is 18.3. The van der Waals surface area contributed by atoms with Gasteiger partial charge in [0.2, 0.25) is 0 Å². The third-order valence-electron chi connectivity index (χ3n) is 3.57. The predicted molar refractivity (Wildman–Crippen MR) is 98.3 cm³/mol. The monoisotopic (exact) mass is 364 g/mol. The largest absolute Gasteiger partial charge is 0.483 e. The lowest BCUT2D eigenvalue weighted by Gasteiger charge is -2.13. The molecule has 1 N–H and O–H groups in total. The van der Waals surface area contributed by atoms with E-state index in [1.165, 1.54) is 6.21 Å². The van der Waals surface area contributed by atoms with Crippen LogP contribution in [0.15, 0.2) is 35.4 Å². The highest BCUT2D eigenvalue weighted by molar-refractivity contribution is 6.42. The van der Waals surface area contributed by atoms with Gasteiger partial charge in [-0.3, -0.25) is 4.79 Å². The minimum absolute atomic E-state index is 0.107. The summed E-state index contributed by atoms with van der Waals surface area (Å²) in [7, 11) is 0. The van der Waals surface area contributed by atoms with Crippen molar-refractivity contribution in [2.24, 2.45) is 5.10 Å². The summed E-state index contributed by atoms with van der Waals surface area (Å²) < 4.78 is 5.62. The number of aryl methyl sites for hydroxylation is 2. The molecular weight excluding hydrogens is 347 g/mol. The lowest BCUT2D eigenvalue weighted by Crippen LogP contribution is -2.25. The molecule has 2 aromatic rings. The summed E-state index contributed by atoms with van der Waals surface area (Å²) in [6, 6.07) is 9.08. The molecule has 0 fully saturated rings. The highest BCUT2D eigenvalue weighted by atomic mass is 35.5. The number of hydrogen-bond donors (Lipinski definition) is 1. The zero-order chi connectivity index (χ0) is 17.7. The van der Waals surface area contributed by atoms with Crippen molar-refractivity contribution >= 4 is 35.3 Å². The molecule has 0 aromatic heterocycles. The van der Waals surface area contributed by atoms with Crippen molar-refractivity contribution < 1.29 is 9.53 Å². The Hall–Kier alpha value is -2.04. The average molecular weight is 365 g/mol. The summed E-state index contributed by atoms with van der Waals surface area (Å²) in [6.45, 7) is 5.81. The lowest BCUT2D eigenvalue weighted by molar-refractivity contribution is -0.123. The summed E-state index contributed by atoms with van der Waals surface area (Å²) in [6.07, 6.45) is 1.49. The third kappa shape index (κ3) is 4.73. The molecule has 0 aliphatic heterocycles. The predicted octanol–water partition coefficient (Wildman–Crippen LogP) is 4.45. The van der Waals surface area contributed by atoms with E-state index in [0.717, 1.165) is 28.0 Å². The van der Waals surface area contributed by atoms with Crippen LogP contribution < -0.4 is 10.2 Å². The van der Waals surface area contributed by atoms with E-state index in [9.17, 15) is 4.79 Å². The van der Waals surface area contributed by atoms with Crippen molar-refractivity contribution in [2.75, 3.05) is 6.61 Å². The Morgan fingerprint density at radius 1 is 1.12 bits per heavy atom. The summed E-state index contributed by atoms with van der Waals surface area (Å²) in [4.78, 5) is 11.8. The number of hydrogen-bond acceptors (Lipinski definition) is 3. The molecule has 1 amide bonds. The van der Waals surface area contributed by atoms with E-state index in [2.05, 4.69) is 10.5 Å². The summed E-state index contributed by atoms with van der Waals surface area (Å²) in [5.41, 5.74) is 6.29. The molecular formula is C18H18Cl2N2O2. The van der Waals surface area contributed by atoms with Gasteiger partial charge in [0, 0.05) is 0 Å². The number of nitrogens with one attached hydrogen (secondary N) is 1. The molecule has 0 saturated carbocycles. The number of carbonyl (C=O) groups excluding carboxylic acids is 1. The molecule has 0 radical (unpaired) electrons. The van der Waals surface area contributed by atoms with Gasteiger partial charge >= 0.3 is 0 Å². The van der Waals surface area contributed by atoms with E-state index in [-0.39, 0.29) is 12.5 Å². The Morgan fingerprint density at radius 3 is 2.54 bits per heavy atom. The van der Waals surface area contributed by atoms with Crippen LogP contribution in [-0.2, 0) is 4.79 Å².